The van der Waals surface area contributed by atoms with Crippen molar-refractivity contribution in [2.75, 3.05) is 0 Å². The molecule has 4 heteroatoms. The Hall–Kier alpha value is -2.13. The van der Waals surface area contributed by atoms with E-state index in [2.05, 4.69) is 4.98 Å². The molecule has 0 fully saturated rings. The van der Waals surface area contributed by atoms with Gasteiger partial charge >= 0.3 is 0 Å². The minimum Gasteiger partial charge on any atom is -0.327 e. The molecule has 0 atom stereocenters. The van der Waals surface area contributed by atoms with Gasteiger partial charge in [-0.2, -0.15) is 0 Å². The molecule has 0 amide bonds. The van der Waals surface area contributed by atoms with Crippen LogP contribution in [-0.4, -0.2) is 15.8 Å². The highest BCUT2D eigenvalue weighted by Gasteiger charge is 2.08. The van der Waals surface area contributed by atoms with Crippen molar-refractivity contribution in [1.29, 1.82) is 0 Å². The first-order valence-corrected chi connectivity index (χ1v) is 6.29. The molecular formula is C15H11ClN2O. The van der Waals surface area contributed by atoms with Gasteiger partial charge in [-0.3, -0.25) is 4.79 Å². The minimum atomic E-state index is 0.641. The average molecular weight is 271 g/mol. The Morgan fingerprint density at radius 1 is 1.26 bits per heavy atom. The van der Waals surface area contributed by atoms with Crippen LogP contribution in [0.5, 0.6) is 0 Å². The van der Waals surface area contributed by atoms with Crippen LogP contribution >= 0.6 is 11.6 Å². The molecule has 0 saturated carbocycles. The lowest BCUT2D eigenvalue weighted by Crippen LogP contribution is -1.98. The van der Waals surface area contributed by atoms with Gasteiger partial charge in [-0.15, -0.1) is 0 Å². The second-order valence-electron chi connectivity index (χ2n) is 4.33. The molecule has 3 nitrogen and oxygen atoms in total. The SMILES string of the molecule is O=Cc1cn(Cc2cccc(Cl)c2)c2ncccc12. The maximum atomic E-state index is 11.1. The van der Waals surface area contributed by atoms with Crippen LogP contribution in [0.25, 0.3) is 11.0 Å². The topological polar surface area (TPSA) is 34.9 Å². The van der Waals surface area contributed by atoms with Gasteiger partial charge in [0.1, 0.15) is 5.65 Å². The third kappa shape index (κ3) is 2.25. The Balaban J connectivity index is 2.08. The van der Waals surface area contributed by atoms with E-state index in [4.69, 9.17) is 11.6 Å². The molecule has 94 valence electrons. The number of benzene rings is 1. The molecule has 3 rings (SSSR count). The first-order valence-electron chi connectivity index (χ1n) is 5.91. The summed E-state index contributed by atoms with van der Waals surface area (Å²) in [5.74, 6) is 0. The summed E-state index contributed by atoms with van der Waals surface area (Å²) >= 11 is 5.98. The van der Waals surface area contributed by atoms with E-state index in [0.717, 1.165) is 22.9 Å². The predicted molar refractivity (Wildman–Crippen MR) is 75.7 cm³/mol. The lowest BCUT2D eigenvalue weighted by molar-refractivity contribution is 0.112. The molecular weight excluding hydrogens is 260 g/mol. The zero-order valence-electron chi connectivity index (χ0n) is 10.1. The van der Waals surface area contributed by atoms with Gasteiger partial charge in [0, 0.05) is 34.9 Å². The zero-order valence-corrected chi connectivity index (χ0v) is 10.8. The number of rotatable bonds is 3. The van der Waals surface area contributed by atoms with Gasteiger partial charge < -0.3 is 4.57 Å². The molecule has 2 aromatic heterocycles. The van der Waals surface area contributed by atoms with Gasteiger partial charge in [0.05, 0.1) is 0 Å². The lowest BCUT2D eigenvalue weighted by atomic mass is 10.2. The van der Waals surface area contributed by atoms with E-state index in [9.17, 15) is 4.79 Å². The molecule has 0 aliphatic rings. The van der Waals surface area contributed by atoms with Crippen LogP contribution in [-0.2, 0) is 6.54 Å². The Kier molecular flexibility index (Phi) is 3.05. The Bertz CT molecular complexity index is 749. The maximum absolute atomic E-state index is 11.1. The number of nitrogens with zero attached hydrogens (tertiary/aromatic N) is 2. The van der Waals surface area contributed by atoms with Crippen LogP contribution in [0.15, 0.2) is 48.8 Å². The number of aromatic nitrogens is 2. The van der Waals surface area contributed by atoms with Crippen molar-refractivity contribution < 1.29 is 4.79 Å². The zero-order chi connectivity index (χ0) is 13.2. The first kappa shape index (κ1) is 11.9. The average Bonchev–Trinajstić information content (AvgIpc) is 2.77. The van der Waals surface area contributed by atoms with E-state index in [1.807, 2.05) is 47.2 Å². The molecule has 0 radical (unpaired) electrons. The van der Waals surface area contributed by atoms with E-state index < -0.39 is 0 Å². The van der Waals surface area contributed by atoms with Crippen LogP contribution in [0, 0.1) is 0 Å². The number of aldehydes is 1. The second-order valence-corrected chi connectivity index (χ2v) is 4.77. The fraction of sp³-hybridized carbons (Fsp3) is 0.0667. The van der Waals surface area contributed by atoms with E-state index in [0.29, 0.717) is 17.1 Å². The number of hydrogen-bond acceptors (Lipinski definition) is 2. The molecule has 0 saturated heterocycles. The van der Waals surface area contributed by atoms with Crippen molar-refractivity contribution in [3.8, 4) is 0 Å². The van der Waals surface area contributed by atoms with E-state index in [1.165, 1.54) is 0 Å². The highest BCUT2D eigenvalue weighted by atomic mass is 35.5. The van der Waals surface area contributed by atoms with Crippen molar-refractivity contribution in [3.05, 3.63) is 64.9 Å². The summed E-state index contributed by atoms with van der Waals surface area (Å²) in [6.45, 7) is 0.641. The summed E-state index contributed by atoms with van der Waals surface area (Å²) in [5, 5.41) is 1.58. The van der Waals surface area contributed by atoms with E-state index >= 15 is 0 Å². The van der Waals surface area contributed by atoms with Gasteiger partial charge in [-0.25, -0.2) is 4.98 Å². The van der Waals surface area contributed by atoms with Crippen molar-refractivity contribution in [1.82, 2.24) is 9.55 Å². The van der Waals surface area contributed by atoms with E-state index in [-0.39, 0.29) is 0 Å². The quantitative estimate of drug-likeness (QED) is 0.682. The van der Waals surface area contributed by atoms with Crippen LogP contribution in [0.1, 0.15) is 15.9 Å². The summed E-state index contributed by atoms with van der Waals surface area (Å²) < 4.78 is 1.96. The second kappa shape index (κ2) is 4.86. The van der Waals surface area contributed by atoms with E-state index in [1.54, 1.807) is 6.20 Å². The van der Waals surface area contributed by atoms with Gasteiger partial charge in [0.15, 0.2) is 6.29 Å². The monoisotopic (exact) mass is 270 g/mol. The maximum Gasteiger partial charge on any atom is 0.152 e. The van der Waals surface area contributed by atoms with Gasteiger partial charge in [0.25, 0.3) is 0 Å². The number of halogens is 1. The summed E-state index contributed by atoms with van der Waals surface area (Å²) in [4.78, 5) is 15.4. The fourth-order valence-electron chi connectivity index (χ4n) is 2.20. The summed E-state index contributed by atoms with van der Waals surface area (Å²) in [7, 11) is 0. The Labute approximate surface area is 115 Å². The Morgan fingerprint density at radius 2 is 2.16 bits per heavy atom. The molecule has 0 bridgehead atoms. The molecule has 0 aliphatic heterocycles. The number of hydrogen-bond donors (Lipinski definition) is 0. The molecule has 2 heterocycles. The smallest absolute Gasteiger partial charge is 0.152 e. The lowest BCUT2D eigenvalue weighted by Gasteiger charge is -2.05. The third-order valence-corrected chi connectivity index (χ3v) is 3.27. The molecule has 1 aromatic carbocycles. The number of fused-ring (bicyclic) bond motifs is 1. The molecule has 0 N–H and O–H groups in total. The van der Waals surface area contributed by atoms with Gasteiger partial charge in [0.2, 0.25) is 0 Å². The summed E-state index contributed by atoms with van der Waals surface area (Å²) in [6, 6.07) is 11.4. The normalized spacial score (nSPS) is 10.8. The van der Waals surface area contributed by atoms with Crippen molar-refractivity contribution in [3.63, 3.8) is 0 Å². The van der Waals surface area contributed by atoms with Crippen molar-refractivity contribution >= 4 is 28.9 Å². The molecule has 0 spiro atoms. The summed E-state index contributed by atoms with van der Waals surface area (Å²) in [6.07, 6.45) is 4.41. The molecule has 3 aromatic rings. The van der Waals surface area contributed by atoms with Gasteiger partial charge in [-0.05, 0) is 29.8 Å². The molecule has 0 unspecified atom stereocenters. The van der Waals surface area contributed by atoms with Crippen LogP contribution in [0.4, 0.5) is 0 Å². The van der Waals surface area contributed by atoms with Gasteiger partial charge in [-0.1, -0.05) is 23.7 Å². The number of carbonyl (C=O) groups excluding carboxylic acids is 1. The highest BCUT2D eigenvalue weighted by Crippen LogP contribution is 2.20. The fourth-order valence-corrected chi connectivity index (χ4v) is 2.41. The highest BCUT2D eigenvalue weighted by molar-refractivity contribution is 6.30. The summed E-state index contributed by atoms with van der Waals surface area (Å²) in [5.41, 5.74) is 2.54. The molecule has 0 aliphatic carbocycles. The Morgan fingerprint density at radius 3 is 2.95 bits per heavy atom. The third-order valence-electron chi connectivity index (χ3n) is 3.03. The molecule has 19 heavy (non-hydrogen) atoms. The van der Waals surface area contributed by atoms with Crippen LogP contribution in [0.2, 0.25) is 5.02 Å². The van der Waals surface area contributed by atoms with Crippen LogP contribution < -0.4 is 0 Å². The van der Waals surface area contributed by atoms with Crippen LogP contribution in [0.3, 0.4) is 0 Å². The predicted octanol–water partition coefficient (Wildman–Crippen LogP) is 3.55. The minimum absolute atomic E-state index is 0.641. The number of carbonyl (C=O) groups is 1. The standard InChI is InChI=1S/C15H11ClN2O/c16-13-4-1-3-11(7-13)8-18-9-12(10-19)14-5-2-6-17-15(14)18/h1-7,9-10H,8H2. The van der Waals surface area contributed by atoms with Crippen molar-refractivity contribution in [2.24, 2.45) is 0 Å². The largest absolute Gasteiger partial charge is 0.327 e. The number of pyridine rings is 1. The first-order chi connectivity index (χ1) is 9.28. The van der Waals surface area contributed by atoms with Crippen molar-refractivity contribution in [2.45, 2.75) is 6.54 Å².